The number of nitrogens with one attached hydrogen (secondary N) is 2. The monoisotopic (exact) mass is 284 g/mol. The Balaban J connectivity index is 2.23. The lowest BCUT2D eigenvalue weighted by Crippen LogP contribution is -2.23. The van der Waals surface area contributed by atoms with Crippen LogP contribution in [0.2, 0.25) is 0 Å². The largest absolute Gasteiger partial charge is 0.323 e. The van der Waals surface area contributed by atoms with E-state index in [-0.39, 0.29) is 18.4 Å². The number of carbonyl (C=O) groups excluding carboxylic acids is 2. The summed E-state index contributed by atoms with van der Waals surface area (Å²) in [5.41, 5.74) is 7.72. The Morgan fingerprint density at radius 2 is 2.00 bits per heavy atom. The van der Waals surface area contributed by atoms with Crippen molar-refractivity contribution >= 4 is 23.2 Å². The lowest BCUT2D eigenvalue weighted by atomic mass is 10.1. The molecular formula is C15H16N4O2. The zero-order valence-electron chi connectivity index (χ0n) is 11.6. The number of carbonyl (C=O) groups is 2. The predicted octanol–water partition coefficient (Wildman–Crippen LogP) is 1.54. The van der Waals surface area contributed by atoms with E-state index in [2.05, 4.69) is 15.6 Å². The van der Waals surface area contributed by atoms with Crippen LogP contribution in [0.1, 0.15) is 15.9 Å². The molecule has 21 heavy (non-hydrogen) atoms. The molecule has 0 radical (unpaired) electrons. The summed E-state index contributed by atoms with van der Waals surface area (Å²) in [6, 6.07) is 8.69. The predicted molar refractivity (Wildman–Crippen MR) is 81.1 cm³/mol. The minimum atomic E-state index is -0.322. The summed E-state index contributed by atoms with van der Waals surface area (Å²) in [7, 11) is 0. The van der Waals surface area contributed by atoms with Gasteiger partial charge in [-0.3, -0.25) is 14.6 Å². The van der Waals surface area contributed by atoms with Crippen molar-refractivity contribution in [2.75, 3.05) is 17.2 Å². The Bertz CT molecular complexity index is 656. The normalized spacial score (nSPS) is 10.0. The molecule has 2 aromatic rings. The molecule has 0 spiro atoms. The van der Waals surface area contributed by atoms with Crippen LogP contribution in [0, 0.1) is 6.92 Å². The van der Waals surface area contributed by atoms with E-state index in [1.807, 2.05) is 13.0 Å². The van der Waals surface area contributed by atoms with Crippen LogP contribution in [0.15, 0.2) is 42.7 Å². The van der Waals surface area contributed by atoms with Crippen LogP contribution in [0.3, 0.4) is 0 Å². The minimum Gasteiger partial charge on any atom is -0.323 e. The molecule has 0 aliphatic rings. The highest BCUT2D eigenvalue weighted by Gasteiger charge is 2.11. The summed E-state index contributed by atoms with van der Waals surface area (Å²) in [5, 5.41) is 5.41. The number of benzene rings is 1. The lowest BCUT2D eigenvalue weighted by molar-refractivity contribution is -0.114. The van der Waals surface area contributed by atoms with Gasteiger partial charge in [0.1, 0.15) is 0 Å². The number of aryl methyl sites for hydroxylation is 1. The SMILES string of the molecule is Cc1ccc(NC(=O)c2cccnc2)c(NC(=O)CN)c1. The molecule has 108 valence electrons. The molecule has 1 aromatic carbocycles. The van der Waals surface area contributed by atoms with E-state index in [0.29, 0.717) is 16.9 Å². The molecule has 0 fully saturated rings. The lowest BCUT2D eigenvalue weighted by Gasteiger charge is -2.12. The molecule has 0 saturated heterocycles. The summed E-state index contributed by atoms with van der Waals surface area (Å²) in [6.45, 7) is 1.77. The van der Waals surface area contributed by atoms with Crippen LogP contribution in [0.5, 0.6) is 0 Å². The van der Waals surface area contributed by atoms with Crippen molar-refractivity contribution in [3.05, 3.63) is 53.9 Å². The second-order valence-electron chi connectivity index (χ2n) is 4.50. The first-order valence-electron chi connectivity index (χ1n) is 6.42. The van der Waals surface area contributed by atoms with E-state index in [9.17, 15) is 9.59 Å². The third kappa shape index (κ3) is 3.87. The molecule has 0 bridgehead atoms. The molecule has 2 rings (SSSR count). The van der Waals surface area contributed by atoms with E-state index >= 15 is 0 Å². The van der Waals surface area contributed by atoms with Crippen LogP contribution in [0.4, 0.5) is 11.4 Å². The van der Waals surface area contributed by atoms with Gasteiger partial charge in [-0.2, -0.15) is 0 Å². The molecule has 0 unspecified atom stereocenters. The van der Waals surface area contributed by atoms with Crippen molar-refractivity contribution in [1.82, 2.24) is 4.98 Å². The Labute approximate surface area is 122 Å². The fraction of sp³-hybridized carbons (Fsp3) is 0.133. The third-order valence-corrected chi connectivity index (χ3v) is 2.81. The van der Waals surface area contributed by atoms with Crippen molar-refractivity contribution in [1.29, 1.82) is 0 Å². The van der Waals surface area contributed by atoms with Gasteiger partial charge in [0.25, 0.3) is 5.91 Å². The van der Waals surface area contributed by atoms with E-state index in [1.165, 1.54) is 6.20 Å². The van der Waals surface area contributed by atoms with Crippen LogP contribution >= 0.6 is 0 Å². The molecule has 0 atom stereocenters. The molecule has 0 saturated carbocycles. The standard InChI is InChI=1S/C15H16N4O2/c1-10-4-5-12(13(7-10)18-14(20)8-16)19-15(21)11-3-2-6-17-9-11/h2-7,9H,8,16H2,1H3,(H,18,20)(H,19,21). The second-order valence-corrected chi connectivity index (χ2v) is 4.50. The van der Waals surface area contributed by atoms with E-state index in [0.717, 1.165) is 5.56 Å². The highest BCUT2D eigenvalue weighted by atomic mass is 16.2. The van der Waals surface area contributed by atoms with Crippen molar-refractivity contribution in [3.63, 3.8) is 0 Å². The number of hydrogen-bond donors (Lipinski definition) is 3. The quantitative estimate of drug-likeness (QED) is 0.793. The Kier molecular flexibility index (Phi) is 4.63. The highest BCUT2D eigenvalue weighted by molar-refractivity contribution is 6.07. The van der Waals surface area contributed by atoms with E-state index in [1.54, 1.807) is 30.5 Å². The molecule has 6 nitrogen and oxygen atoms in total. The van der Waals surface area contributed by atoms with Crippen LogP contribution in [-0.2, 0) is 4.79 Å². The molecule has 2 amide bonds. The second kappa shape index (κ2) is 6.62. The summed E-state index contributed by atoms with van der Waals surface area (Å²) in [6.07, 6.45) is 3.07. The number of rotatable bonds is 4. The first kappa shape index (κ1) is 14.7. The van der Waals surface area contributed by atoms with Gasteiger partial charge in [0.2, 0.25) is 5.91 Å². The fourth-order valence-electron chi connectivity index (χ4n) is 1.76. The van der Waals surface area contributed by atoms with E-state index in [4.69, 9.17) is 5.73 Å². The van der Waals surface area contributed by atoms with Gasteiger partial charge in [0.15, 0.2) is 0 Å². The summed E-state index contributed by atoms with van der Waals surface area (Å²) in [5.74, 6) is -0.618. The number of pyridine rings is 1. The van der Waals surface area contributed by atoms with Crippen molar-refractivity contribution in [2.24, 2.45) is 5.73 Å². The van der Waals surface area contributed by atoms with Gasteiger partial charge in [-0.15, -0.1) is 0 Å². The number of anilines is 2. The van der Waals surface area contributed by atoms with Gasteiger partial charge in [-0.25, -0.2) is 0 Å². The van der Waals surface area contributed by atoms with Crippen molar-refractivity contribution in [3.8, 4) is 0 Å². The Morgan fingerprint density at radius 3 is 2.67 bits per heavy atom. The number of hydrogen-bond acceptors (Lipinski definition) is 4. The molecule has 4 N–H and O–H groups in total. The summed E-state index contributed by atoms with van der Waals surface area (Å²) >= 11 is 0. The molecular weight excluding hydrogens is 268 g/mol. The summed E-state index contributed by atoms with van der Waals surface area (Å²) in [4.78, 5) is 27.5. The molecule has 6 heteroatoms. The third-order valence-electron chi connectivity index (χ3n) is 2.81. The first-order valence-corrected chi connectivity index (χ1v) is 6.42. The van der Waals surface area contributed by atoms with Gasteiger partial charge in [0.05, 0.1) is 23.5 Å². The molecule has 0 aliphatic carbocycles. The van der Waals surface area contributed by atoms with E-state index < -0.39 is 0 Å². The fourth-order valence-corrected chi connectivity index (χ4v) is 1.76. The molecule has 0 aliphatic heterocycles. The number of nitrogens with zero attached hydrogens (tertiary/aromatic N) is 1. The topological polar surface area (TPSA) is 97.1 Å². The maximum absolute atomic E-state index is 12.1. The molecule has 1 heterocycles. The molecule has 1 aromatic heterocycles. The average Bonchev–Trinajstić information content (AvgIpc) is 2.50. The highest BCUT2D eigenvalue weighted by Crippen LogP contribution is 2.23. The van der Waals surface area contributed by atoms with Crippen molar-refractivity contribution in [2.45, 2.75) is 6.92 Å². The maximum Gasteiger partial charge on any atom is 0.257 e. The van der Waals surface area contributed by atoms with Crippen molar-refractivity contribution < 1.29 is 9.59 Å². The zero-order valence-corrected chi connectivity index (χ0v) is 11.6. The summed E-state index contributed by atoms with van der Waals surface area (Å²) < 4.78 is 0. The van der Waals surface area contributed by atoms with Crippen LogP contribution in [0.25, 0.3) is 0 Å². The van der Waals surface area contributed by atoms with Crippen LogP contribution in [-0.4, -0.2) is 23.3 Å². The average molecular weight is 284 g/mol. The number of aromatic nitrogens is 1. The maximum atomic E-state index is 12.1. The first-order chi connectivity index (χ1) is 10.1. The number of nitrogens with two attached hydrogens (primary N) is 1. The Morgan fingerprint density at radius 1 is 1.19 bits per heavy atom. The van der Waals surface area contributed by atoms with Crippen LogP contribution < -0.4 is 16.4 Å². The number of amides is 2. The van der Waals surface area contributed by atoms with Gasteiger partial charge >= 0.3 is 0 Å². The van der Waals surface area contributed by atoms with Gasteiger partial charge in [0, 0.05) is 12.4 Å². The van der Waals surface area contributed by atoms with Gasteiger partial charge < -0.3 is 16.4 Å². The smallest absolute Gasteiger partial charge is 0.257 e. The minimum absolute atomic E-state index is 0.121. The van der Waals surface area contributed by atoms with Gasteiger partial charge in [-0.05, 0) is 36.8 Å². The zero-order chi connectivity index (χ0) is 15.2. The Hall–Kier alpha value is -2.73. The van der Waals surface area contributed by atoms with Gasteiger partial charge in [-0.1, -0.05) is 6.07 Å².